The van der Waals surface area contributed by atoms with Gasteiger partial charge in [-0.25, -0.2) is 0 Å². The summed E-state index contributed by atoms with van der Waals surface area (Å²) in [5, 5.41) is 0. The molecule has 2 aliphatic rings. The zero-order chi connectivity index (χ0) is 13.2. The Hall–Kier alpha value is -1.35. The van der Waals surface area contributed by atoms with Crippen LogP contribution < -0.4 is 0 Å². The van der Waals surface area contributed by atoms with Gasteiger partial charge in [0.25, 0.3) is 5.91 Å². The molecule has 2 fully saturated rings. The van der Waals surface area contributed by atoms with Crippen LogP contribution in [0.25, 0.3) is 0 Å². The van der Waals surface area contributed by atoms with Gasteiger partial charge in [0.15, 0.2) is 0 Å². The highest BCUT2D eigenvalue weighted by Crippen LogP contribution is 2.25. The summed E-state index contributed by atoms with van der Waals surface area (Å²) in [5.41, 5.74) is 2.02. The van der Waals surface area contributed by atoms with Crippen LogP contribution in [-0.2, 0) is 0 Å². The van der Waals surface area contributed by atoms with Gasteiger partial charge >= 0.3 is 0 Å². The monoisotopic (exact) mass is 258 g/mol. The van der Waals surface area contributed by atoms with E-state index in [0.29, 0.717) is 0 Å². The van der Waals surface area contributed by atoms with Crippen molar-refractivity contribution in [1.29, 1.82) is 0 Å². The van der Waals surface area contributed by atoms with Gasteiger partial charge in [0.2, 0.25) is 0 Å². The van der Waals surface area contributed by atoms with Crippen molar-refractivity contribution >= 4 is 5.91 Å². The van der Waals surface area contributed by atoms with Crippen LogP contribution in [0.4, 0.5) is 0 Å². The number of benzene rings is 1. The summed E-state index contributed by atoms with van der Waals surface area (Å²) < 4.78 is 0. The molecule has 3 heteroatoms. The highest BCUT2D eigenvalue weighted by atomic mass is 16.2. The van der Waals surface area contributed by atoms with Crippen molar-refractivity contribution < 1.29 is 4.79 Å². The second-order valence-corrected chi connectivity index (χ2v) is 5.78. The predicted octanol–water partition coefficient (Wildman–Crippen LogP) is 2.31. The molecule has 0 spiro atoms. The van der Waals surface area contributed by atoms with E-state index in [0.717, 1.165) is 37.8 Å². The molecule has 0 bridgehead atoms. The Balaban J connectivity index is 1.58. The molecule has 0 N–H and O–H groups in total. The maximum absolute atomic E-state index is 12.4. The van der Waals surface area contributed by atoms with Crippen molar-refractivity contribution in [3.63, 3.8) is 0 Å². The zero-order valence-electron chi connectivity index (χ0n) is 11.6. The number of amides is 1. The van der Waals surface area contributed by atoms with E-state index in [1.165, 1.54) is 24.8 Å². The van der Waals surface area contributed by atoms with Gasteiger partial charge in [-0.15, -0.1) is 0 Å². The van der Waals surface area contributed by atoms with E-state index in [-0.39, 0.29) is 5.91 Å². The van der Waals surface area contributed by atoms with E-state index in [9.17, 15) is 4.79 Å². The summed E-state index contributed by atoms with van der Waals surface area (Å²) >= 11 is 0. The van der Waals surface area contributed by atoms with E-state index < -0.39 is 0 Å². The first kappa shape index (κ1) is 12.7. The fourth-order valence-corrected chi connectivity index (χ4v) is 2.92. The Morgan fingerprint density at radius 3 is 2.21 bits per heavy atom. The smallest absolute Gasteiger partial charge is 0.253 e. The number of carbonyl (C=O) groups is 1. The number of nitrogens with zero attached hydrogens (tertiary/aromatic N) is 2. The van der Waals surface area contributed by atoms with Crippen LogP contribution in [0.2, 0.25) is 0 Å². The van der Waals surface area contributed by atoms with Crippen LogP contribution in [0, 0.1) is 6.92 Å². The number of piperazine rings is 1. The van der Waals surface area contributed by atoms with Gasteiger partial charge in [0, 0.05) is 37.8 Å². The van der Waals surface area contributed by atoms with Crippen LogP contribution in [-0.4, -0.2) is 47.9 Å². The van der Waals surface area contributed by atoms with Crippen LogP contribution in [0.1, 0.15) is 35.2 Å². The summed E-state index contributed by atoms with van der Waals surface area (Å²) in [6.45, 7) is 5.89. The first-order valence-electron chi connectivity index (χ1n) is 7.34. The Labute approximate surface area is 115 Å². The van der Waals surface area contributed by atoms with E-state index >= 15 is 0 Å². The van der Waals surface area contributed by atoms with E-state index in [1.807, 2.05) is 36.1 Å². The molecule has 1 aromatic rings. The summed E-state index contributed by atoms with van der Waals surface area (Å²) in [4.78, 5) is 16.9. The molecular formula is C16H22N2O. The lowest BCUT2D eigenvalue weighted by molar-refractivity contribution is 0.0455. The first-order chi connectivity index (χ1) is 9.24. The summed E-state index contributed by atoms with van der Waals surface area (Å²) in [6.07, 6.45) is 4.09. The van der Waals surface area contributed by atoms with Crippen LogP contribution >= 0.6 is 0 Å². The van der Waals surface area contributed by atoms with Crippen LogP contribution in [0.3, 0.4) is 0 Å². The highest BCUT2D eigenvalue weighted by molar-refractivity contribution is 5.94. The van der Waals surface area contributed by atoms with Crippen molar-refractivity contribution in [2.45, 2.75) is 32.2 Å². The van der Waals surface area contributed by atoms with Crippen LogP contribution in [0.15, 0.2) is 24.3 Å². The average Bonchev–Trinajstić information content (AvgIpc) is 2.38. The Bertz CT molecular complexity index is 442. The Kier molecular flexibility index (Phi) is 3.56. The molecule has 3 rings (SSSR count). The second kappa shape index (κ2) is 5.33. The molecule has 1 heterocycles. The predicted molar refractivity (Wildman–Crippen MR) is 76.3 cm³/mol. The molecule has 0 unspecified atom stereocenters. The lowest BCUT2D eigenvalue weighted by Gasteiger charge is -2.42. The maximum Gasteiger partial charge on any atom is 0.253 e. The topological polar surface area (TPSA) is 23.6 Å². The van der Waals surface area contributed by atoms with Crippen molar-refractivity contribution in [3.8, 4) is 0 Å². The minimum atomic E-state index is 0.188. The minimum absolute atomic E-state index is 0.188. The van der Waals surface area contributed by atoms with Gasteiger partial charge in [-0.05, 0) is 31.9 Å². The fraction of sp³-hybridized carbons (Fsp3) is 0.562. The number of aryl methyl sites for hydroxylation is 1. The highest BCUT2D eigenvalue weighted by Gasteiger charge is 2.29. The van der Waals surface area contributed by atoms with Gasteiger partial charge in [-0.3, -0.25) is 9.69 Å². The molecule has 1 aromatic carbocycles. The summed E-state index contributed by atoms with van der Waals surface area (Å²) in [6, 6.07) is 8.71. The third-order valence-corrected chi connectivity index (χ3v) is 4.49. The Morgan fingerprint density at radius 2 is 1.68 bits per heavy atom. The molecule has 102 valence electrons. The number of hydrogen-bond donors (Lipinski definition) is 0. The number of carbonyl (C=O) groups excluding carboxylic acids is 1. The van der Waals surface area contributed by atoms with Crippen LogP contribution in [0.5, 0.6) is 0 Å². The molecule has 1 saturated carbocycles. The van der Waals surface area contributed by atoms with Gasteiger partial charge in [0.05, 0.1) is 0 Å². The van der Waals surface area contributed by atoms with Crippen molar-refractivity contribution in [3.05, 3.63) is 35.4 Å². The van der Waals surface area contributed by atoms with Gasteiger partial charge < -0.3 is 4.90 Å². The fourth-order valence-electron chi connectivity index (χ4n) is 2.92. The van der Waals surface area contributed by atoms with E-state index in [4.69, 9.17) is 0 Å². The van der Waals surface area contributed by atoms with E-state index in [2.05, 4.69) is 4.90 Å². The SMILES string of the molecule is Cc1ccc(C(=O)N2CCN(C3CCC3)CC2)cc1. The standard InChI is InChI=1S/C16H22N2O/c1-13-5-7-14(8-6-13)16(19)18-11-9-17(10-12-18)15-3-2-4-15/h5-8,15H,2-4,9-12H2,1H3. The molecule has 0 aromatic heterocycles. The molecule has 0 radical (unpaired) electrons. The molecular weight excluding hydrogens is 236 g/mol. The normalized spacial score (nSPS) is 21.2. The molecule has 1 aliphatic carbocycles. The summed E-state index contributed by atoms with van der Waals surface area (Å²) in [7, 11) is 0. The van der Waals surface area contributed by atoms with Gasteiger partial charge in [0.1, 0.15) is 0 Å². The lowest BCUT2D eigenvalue weighted by atomic mass is 9.91. The molecule has 1 aliphatic heterocycles. The zero-order valence-corrected chi connectivity index (χ0v) is 11.6. The third kappa shape index (κ3) is 2.66. The van der Waals surface area contributed by atoms with E-state index in [1.54, 1.807) is 0 Å². The molecule has 1 amide bonds. The molecule has 0 atom stereocenters. The van der Waals surface area contributed by atoms with Crippen molar-refractivity contribution in [2.75, 3.05) is 26.2 Å². The molecule has 3 nitrogen and oxygen atoms in total. The van der Waals surface area contributed by atoms with Gasteiger partial charge in [-0.2, -0.15) is 0 Å². The largest absolute Gasteiger partial charge is 0.336 e. The number of rotatable bonds is 2. The maximum atomic E-state index is 12.4. The second-order valence-electron chi connectivity index (χ2n) is 5.78. The lowest BCUT2D eigenvalue weighted by Crippen LogP contribution is -2.53. The first-order valence-corrected chi connectivity index (χ1v) is 7.34. The quantitative estimate of drug-likeness (QED) is 0.812. The molecule has 19 heavy (non-hydrogen) atoms. The van der Waals surface area contributed by atoms with Crippen molar-refractivity contribution in [1.82, 2.24) is 9.80 Å². The molecule has 1 saturated heterocycles. The summed E-state index contributed by atoms with van der Waals surface area (Å²) in [5.74, 6) is 0.188. The van der Waals surface area contributed by atoms with Crippen molar-refractivity contribution in [2.24, 2.45) is 0 Å². The minimum Gasteiger partial charge on any atom is -0.336 e. The Morgan fingerprint density at radius 1 is 1.05 bits per heavy atom. The third-order valence-electron chi connectivity index (χ3n) is 4.49. The van der Waals surface area contributed by atoms with Gasteiger partial charge in [-0.1, -0.05) is 24.1 Å². The average molecular weight is 258 g/mol. The number of hydrogen-bond acceptors (Lipinski definition) is 2.